The Balaban J connectivity index is 1.16. The molecular formula is C33H47N5O4Si. The number of anilines is 1. The molecule has 9 nitrogen and oxygen atoms in total. The normalized spacial score (nSPS) is 25.0. The van der Waals surface area contributed by atoms with Gasteiger partial charge in [-0.3, -0.25) is 9.48 Å². The van der Waals surface area contributed by atoms with Gasteiger partial charge >= 0.3 is 0 Å². The largest absolute Gasteiger partial charge is 0.432 e. The summed E-state index contributed by atoms with van der Waals surface area (Å²) >= 11 is 0. The van der Waals surface area contributed by atoms with Crippen molar-refractivity contribution >= 4 is 19.9 Å². The number of aliphatic hydroxyl groups is 1. The van der Waals surface area contributed by atoms with Gasteiger partial charge in [-0.05, 0) is 80.9 Å². The Hall–Kier alpha value is -2.89. The van der Waals surface area contributed by atoms with Gasteiger partial charge in [-0.1, -0.05) is 54.6 Å². The van der Waals surface area contributed by atoms with Crippen LogP contribution in [-0.4, -0.2) is 71.0 Å². The highest BCUT2D eigenvalue weighted by molar-refractivity contribution is 6.71. The molecule has 5 rings (SSSR count). The molecule has 1 aromatic heterocycles. The summed E-state index contributed by atoms with van der Waals surface area (Å²) in [5.41, 5.74) is 3.93. The zero-order chi connectivity index (χ0) is 30.4. The van der Waals surface area contributed by atoms with Gasteiger partial charge in [-0.15, -0.1) is 5.10 Å². The number of nitrogens with one attached hydrogen (secondary N) is 2. The maximum absolute atomic E-state index is 12.6. The number of rotatable bonds is 12. The van der Waals surface area contributed by atoms with E-state index in [0.29, 0.717) is 6.54 Å². The lowest BCUT2D eigenvalue weighted by Crippen LogP contribution is -2.40. The zero-order valence-electron chi connectivity index (χ0n) is 25.7. The molecule has 2 aliphatic heterocycles. The Labute approximate surface area is 256 Å². The van der Waals surface area contributed by atoms with Gasteiger partial charge in [0, 0.05) is 30.5 Å². The first-order valence-corrected chi connectivity index (χ1v) is 18.8. The first kappa shape index (κ1) is 31.5. The van der Waals surface area contributed by atoms with Crippen LogP contribution in [-0.2, 0) is 22.5 Å². The van der Waals surface area contributed by atoms with Crippen molar-refractivity contribution in [3.63, 3.8) is 0 Å². The quantitative estimate of drug-likeness (QED) is 0.227. The zero-order valence-corrected chi connectivity index (χ0v) is 26.7. The Kier molecular flexibility index (Phi) is 10.5. The SMILES string of the molecule is C[C@H]1[C@H]([Si](C)(C)O)[C@@H](CCn2cc(C(CO)c3ccccc3)nn2)O[C@H]1CCc1ccc(NC(=O)C2CCCNC2)cc1. The minimum Gasteiger partial charge on any atom is -0.432 e. The van der Waals surface area contributed by atoms with E-state index in [1.807, 2.05) is 66.4 Å². The topological polar surface area (TPSA) is 122 Å². The van der Waals surface area contributed by atoms with Gasteiger partial charge in [0.05, 0.1) is 36.3 Å². The second-order valence-electron chi connectivity index (χ2n) is 12.9. The number of benzene rings is 2. The van der Waals surface area contributed by atoms with Crippen molar-refractivity contribution in [2.24, 2.45) is 11.8 Å². The van der Waals surface area contributed by atoms with Crippen LogP contribution < -0.4 is 10.6 Å². The molecule has 2 aliphatic rings. The molecule has 6 atom stereocenters. The first-order valence-electron chi connectivity index (χ1n) is 15.8. The molecule has 0 spiro atoms. The molecule has 43 heavy (non-hydrogen) atoms. The summed E-state index contributed by atoms with van der Waals surface area (Å²) in [6, 6.07) is 18.0. The number of aryl methyl sites for hydroxylation is 2. The van der Waals surface area contributed by atoms with E-state index in [9.17, 15) is 14.7 Å². The molecule has 232 valence electrons. The Morgan fingerprint density at radius 3 is 2.58 bits per heavy atom. The maximum atomic E-state index is 12.6. The van der Waals surface area contributed by atoms with E-state index in [4.69, 9.17) is 4.74 Å². The Morgan fingerprint density at radius 2 is 1.91 bits per heavy atom. The van der Waals surface area contributed by atoms with Crippen molar-refractivity contribution in [1.82, 2.24) is 20.3 Å². The van der Waals surface area contributed by atoms with Gasteiger partial charge in [0.15, 0.2) is 8.32 Å². The van der Waals surface area contributed by atoms with Crippen LogP contribution >= 0.6 is 0 Å². The highest BCUT2D eigenvalue weighted by atomic mass is 28.4. The predicted molar refractivity (Wildman–Crippen MR) is 170 cm³/mol. The molecule has 0 radical (unpaired) electrons. The Bertz CT molecular complexity index is 1310. The van der Waals surface area contributed by atoms with E-state index in [2.05, 4.69) is 40.0 Å². The van der Waals surface area contributed by atoms with Gasteiger partial charge < -0.3 is 25.3 Å². The second-order valence-corrected chi connectivity index (χ2v) is 16.8. The number of piperidine rings is 1. The molecule has 0 bridgehead atoms. The molecule has 2 aromatic carbocycles. The van der Waals surface area contributed by atoms with Crippen molar-refractivity contribution in [3.8, 4) is 0 Å². The third-order valence-electron chi connectivity index (χ3n) is 9.27. The van der Waals surface area contributed by atoms with Crippen LogP contribution in [0.2, 0.25) is 18.6 Å². The van der Waals surface area contributed by atoms with Crippen LogP contribution in [0.25, 0.3) is 0 Å². The molecule has 1 amide bonds. The fourth-order valence-electron chi connectivity index (χ4n) is 6.96. The Morgan fingerprint density at radius 1 is 1.14 bits per heavy atom. The highest BCUT2D eigenvalue weighted by Gasteiger charge is 2.49. The molecule has 2 fully saturated rings. The van der Waals surface area contributed by atoms with Crippen molar-refractivity contribution in [3.05, 3.63) is 77.6 Å². The summed E-state index contributed by atoms with van der Waals surface area (Å²) in [4.78, 5) is 23.8. The summed E-state index contributed by atoms with van der Waals surface area (Å²) in [6.45, 7) is 8.59. The summed E-state index contributed by atoms with van der Waals surface area (Å²) < 4.78 is 8.48. The standard InChI is InChI=1S/C33H47N5O4Si/c1-23-30(16-13-24-11-14-27(15-12-24)35-33(40)26-10-7-18-34-20-26)42-31(32(23)43(2,3)41)17-19-38-21-29(36-37-38)28(22-39)25-8-5-4-6-9-25/h4-6,8-9,11-12,14-15,21,23,26,28,30-32,34,39,41H,7,10,13,16-20,22H2,1-3H3,(H,35,40)/t23-,26?,28?,30+,31-,32+/m1/s1. The lowest BCUT2D eigenvalue weighted by atomic mass is 9.95. The van der Waals surface area contributed by atoms with E-state index >= 15 is 0 Å². The first-order chi connectivity index (χ1) is 20.7. The number of aliphatic hydroxyl groups excluding tert-OH is 1. The van der Waals surface area contributed by atoms with Gasteiger partial charge in [0.25, 0.3) is 0 Å². The second kappa shape index (κ2) is 14.3. The van der Waals surface area contributed by atoms with Gasteiger partial charge in [-0.2, -0.15) is 0 Å². The summed E-state index contributed by atoms with van der Waals surface area (Å²) in [5, 5.41) is 25.1. The number of carbonyl (C=O) groups excluding carboxylic acids is 1. The lowest BCUT2D eigenvalue weighted by Gasteiger charge is -2.30. The molecule has 3 aromatic rings. The predicted octanol–water partition coefficient (Wildman–Crippen LogP) is 4.33. The molecule has 4 N–H and O–H groups in total. The average Bonchev–Trinajstić information content (AvgIpc) is 3.61. The van der Waals surface area contributed by atoms with Gasteiger partial charge in [-0.25, -0.2) is 0 Å². The number of nitrogens with zero attached hydrogens (tertiary/aromatic N) is 3. The fraction of sp³-hybridized carbons (Fsp3) is 0.545. The van der Waals surface area contributed by atoms with E-state index in [0.717, 1.165) is 62.1 Å². The summed E-state index contributed by atoms with van der Waals surface area (Å²) in [6.07, 6.45) is 6.40. The number of hydrogen-bond acceptors (Lipinski definition) is 7. The number of amides is 1. The number of ether oxygens (including phenoxy) is 1. The van der Waals surface area contributed by atoms with Crippen LogP contribution in [0.1, 0.15) is 55.3 Å². The van der Waals surface area contributed by atoms with Crippen LogP contribution in [0.3, 0.4) is 0 Å². The third-order valence-corrected chi connectivity index (χ3v) is 11.8. The number of aromatic nitrogens is 3. The molecule has 2 saturated heterocycles. The fourth-order valence-corrected chi connectivity index (χ4v) is 9.62. The van der Waals surface area contributed by atoms with Gasteiger partial charge in [0.2, 0.25) is 5.91 Å². The van der Waals surface area contributed by atoms with Crippen molar-refractivity contribution in [2.75, 3.05) is 25.0 Å². The van der Waals surface area contributed by atoms with Crippen molar-refractivity contribution in [2.45, 2.75) is 82.3 Å². The summed E-state index contributed by atoms with van der Waals surface area (Å²) in [7, 11) is -2.49. The van der Waals surface area contributed by atoms with Crippen LogP contribution in [0, 0.1) is 11.8 Å². The molecule has 3 heterocycles. The monoisotopic (exact) mass is 605 g/mol. The molecule has 10 heteroatoms. The van der Waals surface area contributed by atoms with Crippen molar-refractivity contribution in [1.29, 1.82) is 0 Å². The van der Waals surface area contributed by atoms with Crippen molar-refractivity contribution < 1.29 is 19.4 Å². The van der Waals surface area contributed by atoms with Crippen LogP contribution in [0.4, 0.5) is 5.69 Å². The average molecular weight is 606 g/mol. The smallest absolute Gasteiger partial charge is 0.228 e. The molecule has 0 aliphatic carbocycles. The highest BCUT2D eigenvalue weighted by Crippen LogP contribution is 2.45. The summed E-state index contributed by atoms with van der Waals surface area (Å²) in [5.74, 6) is 0.168. The third kappa shape index (κ3) is 7.99. The lowest BCUT2D eigenvalue weighted by molar-refractivity contribution is -0.120. The van der Waals surface area contributed by atoms with Crippen LogP contribution in [0.5, 0.6) is 0 Å². The van der Waals surface area contributed by atoms with E-state index in [1.165, 1.54) is 5.56 Å². The molecule has 0 saturated carbocycles. The van der Waals surface area contributed by atoms with Gasteiger partial charge in [0.1, 0.15) is 0 Å². The molecule has 2 unspecified atom stereocenters. The van der Waals surface area contributed by atoms with E-state index in [1.54, 1.807) is 0 Å². The minimum absolute atomic E-state index is 0.0322. The van der Waals surface area contributed by atoms with E-state index in [-0.39, 0.29) is 48.0 Å². The maximum Gasteiger partial charge on any atom is 0.228 e. The molecular weight excluding hydrogens is 558 g/mol. The minimum atomic E-state index is -2.49. The van der Waals surface area contributed by atoms with E-state index < -0.39 is 8.32 Å². The number of carbonyl (C=O) groups is 1. The van der Waals surface area contributed by atoms with Crippen LogP contribution in [0.15, 0.2) is 60.8 Å². The number of hydrogen-bond donors (Lipinski definition) is 4.